The maximum Gasteiger partial charge on any atom is 0.315 e. The van der Waals surface area contributed by atoms with E-state index in [4.69, 9.17) is 0 Å². The van der Waals surface area contributed by atoms with Gasteiger partial charge < -0.3 is 15.2 Å². The largest absolute Gasteiger partial charge is 0.335 e. The Kier molecular flexibility index (Phi) is 5.23. The summed E-state index contributed by atoms with van der Waals surface area (Å²) in [5, 5.41) is 6.12. The lowest BCUT2D eigenvalue weighted by Gasteiger charge is -2.24. The van der Waals surface area contributed by atoms with Crippen molar-refractivity contribution >= 4 is 17.8 Å². The van der Waals surface area contributed by atoms with Crippen molar-refractivity contribution in [2.24, 2.45) is 0 Å². The number of nitrogens with zero attached hydrogens (tertiary/aromatic N) is 2. The van der Waals surface area contributed by atoms with Gasteiger partial charge in [0, 0.05) is 24.1 Å². The van der Waals surface area contributed by atoms with Gasteiger partial charge in [0.05, 0.1) is 12.4 Å². The highest BCUT2D eigenvalue weighted by atomic mass is 32.2. The molecular weight excluding hydrogens is 308 g/mol. The van der Waals surface area contributed by atoms with E-state index in [2.05, 4.69) is 21.7 Å². The first-order valence-corrected chi connectivity index (χ1v) is 9.11. The molecule has 1 saturated heterocycles. The Bertz CT molecular complexity index is 638. The second kappa shape index (κ2) is 7.55. The van der Waals surface area contributed by atoms with Gasteiger partial charge in [-0.1, -0.05) is 12.1 Å². The molecule has 2 heterocycles. The van der Waals surface area contributed by atoms with Gasteiger partial charge in [0.2, 0.25) is 0 Å². The Balaban J connectivity index is 1.60. The van der Waals surface area contributed by atoms with E-state index in [1.54, 1.807) is 12.5 Å². The van der Waals surface area contributed by atoms with Gasteiger partial charge in [-0.15, -0.1) is 0 Å². The van der Waals surface area contributed by atoms with E-state index in [1.165, 1.54) is 0 Å². The molecule has 5 nitrogen and oxygen atoms in total. The Hall–Kier alpha value is -1.95. The highest BCUT2D eigenvalue weighted by molar-refractivity contribution is 7.99. The molecule has 1 fully saturated rings. The zero-order chi connectivity index (χ0) is 16.1. The standard InChI is InChI=1S/C17H22N4OS/c1-13(19-17(22)20-15-5-9-23-10-6-15)14-3-2-4-16(11-14)21-8-7-18-12-21/h2-4,7-8,11-13,15H,5-6,9-10H2,1H3,(H2,19,20,22). The number of imidazole rings is 1. The fourth-order valence-corrected chi connectivity index (χ4v) is 3.82. The maximum atomic E-state index is 12.2. The Labute approximate surface area is 140 Å². The molecule has 0 radical (unpaired) electrons. The molecule has 1 aromatic carbocycles. The van der Waals surface area contributed by atoms with Gasteiger partial charge in [-0.2, -0.15) is 11.8 Å². The smallest absolute Gasteiger partial charge is 0.315 e. The molecule has 2 amide bonds. The van der Waals surface area contributed by atoms with Crippen molar-refractivity contribution in [1.29, 1.82) is 0 Å². The van der Waals surface area contributed by atoms with Crippen LogP contribution >= 0.6 is 11.8 Å². The lowest BCUT2D eigenvalue weighted by Crippen LogP contribution is -2.44. The SMILES string of the molecule is CC(NC(=O)NC1CCSCC1)c1cccc(-n2ccnc2)c1. The molecule has 1 unspecified atom stereocenters. The third-order valence-electron chi connectivity index (χ3n) is 4.08. The van der Waals surface area contributed by atoms with E-state index in [9.17, 15) is 4.79 Å². The molecule has 1 aliphatic heterocycles. The molecule has 6 heteroatoms. The van der Waals surface area contributed by atoms with E-state index in [-0.39, 0.29) is 12.1 Å². The molecular formula is C17H22N4OS. The maximum absolute atomic E-state index is 12.2. The zero-order valence-electron chi connectivity index (χ0n) is 13.2. The molecule has 1 aromatic heterocycles. The van der Waals surface area contributed by atoms with Crippen LogP contribution in [0.3, 0.4) is 0 Å². The summed E-state index contributed by atoms with van der Waals surface area (Å²) in [5.41, 5.74) is 2.11. The lowest BCUT2D eigenvalue weighted by atomic mass is 10.1. The third-order valence-corrected chi connectivity index (χ3v) is 5.13. The quantitative estimate of drug-likeness (QED) is 0.905. The van der Waals surface area contributed by atoms with Crippen LogP contribution < -0.4 is 10.6 Å². The topological polar surface area (TPSA) is 59.0 Å². The molecule has 2 N–H and O–H groups in total. The van der Waals surface area contributed by atoms with Gasteiger partial charge in [-0.05, 0) is 49.0 Å². The number of urea groups is 1. The monoisotopic (exact) mass is 330 g/mol. The Morgan fingerprint density at radius 1 is 1.39 bits per heavy atom. The molecule has 1 atom stereocenters. The number of amides is 2. The number of nitrogens with one attached hydrogen (secondary N) is 2. The van der Waals surface area contributed by atoms with Gasteiger partial charge in [0.25, 0.3) is 0 Å². The van der Waals surface area contributed by atoms with Crippen molar-refractivity contribution < 1.29 is 4.79 Å². The second-order valence-electron chi connectivity index (χ2n) is 5.79. The minimum atomic E-state index is -0.0811. The van der Waals surface area contributed by atoms with Gasteiger partial charge in [0.1, 0.15) is 0 Å². The molecule has 0 bridgehead atoms. The summed E-state index contributed by atoms with van der Waals surface area (Å²) in [6.07, 6.45) is 7.55. The Morgan fingerprint density at radius 3 is 2.96 bits per heavy atom. The summed E-state index contributed by atoms with van der Waals surface area (Å²) in [6, 6.07) is 8.31. The molecule has 23 heavy (non-hydrogen) atoms. The van der Waals surface area contributed by atoms with Gasteiger partial charge >= 0.3 is 6.03 Å². The van der Waals surface area contributed by atoms with Crippen molar-refractivity contribution in [2.75, 3.05) is 11.5 Å². The molecule has 3 rings (SSSR count). The summed E-state index contributed by atoms with van der Waals surface area (Å²) in [5.74, 6) is 2.26. The van der Waals surface area contributed by atoms with Crippen molar-refractivity contribution in [1.82, 2.24) is 20.2 Å². The van der Waals surface area contributed by atoms with Crippen LogP contribution in [0.2, 0.25) is 0 Å². The van der Waals surface area contributed by atoms with Crippen LogP contribution in [0.15, 0.2) is 43.0 Å². The molecule has 1 aliphatic rings. The molecule has 0 spiro atoms. The third kappa shape index (κ3) is 4.28. The van der Waals surface area contributed by atoms with Crippen molar-refractivity contribution in [3.05, 3.63) is 48.5 Å². The van der Waals surface area contributed by atoms with E-state index >= 15 is 0 Å². The molecule has 0 saturated carbocycles. The van der Waals surface area contributed by atoms with Gasteiger partial charge in [0.15, 0.2) is 0 Å². The summed E-state index contributed by atoms with van der Waals surface area (Å²) in [4.78, 5) is 16.2. The fraction of sp³-hybridized carbons (Fsp3) is 0.412. The first-order valence-electron chi connectivity index (χ1n) is 7.95. The van der Waals surface area contributed by atoms with Crippen molar-refractivity contribution in [2.45, 2.75) is 31.8 Å². The van der Waals surface area contributed by atoms with E-state index in [0.29, 0.717) is 6.04 Å². The summed E-state index contributed by atoms with van der Waals surface area (Å²) in [7, 11) is 0. The second-order valence-corrected chi connectivity index (χ2v) is 7.02. The Morgan fingerprint density at radius 2 is 2.22 bits per heavy atom. The number of thioether (sulfide) groups is 1. The number of rotatable bonds is 4. The van der Waals surface area contributed by atoms with Crippen LogP contribution in [0, 0.1) is 0 Å². The van der Waals surface area contributed by atoms with Crippen LogP contribution in [-0.4, -0.2) is 33.1 Å². The first-order chi connectivity index (χ1) is 11.2. The van der Waals surface area contributed by atoms with E-state index in [0.717, 1.165) is 35.6 Å². The summed E-state index contributed by atoms with van der Waals surface area (Å²) < 4.78 is 1.95. The number of aromatic nitrogens is 2. The van der Waals surface area contributed by atoms with Crippen molar-refractivity contribution in [3.8, 4) is 5.69 Å². The van der Waals surface area contributed by atoms with Gasteiger partial charge in [-0.3, -0.25) is 0 Å². The minimum absolute atomic E-state index is 0.0450. The summed E-state index contributed by atoms with van der Waals surface area (Å²) >= 11 is 1.96. The fourth-order valence-electron chi connectivity index (χ4n) is 2.72. The predicted octanol–water partition coefficient (Wildman–Crippen LogP) is 3.13. The van der Waals surface area contributed by atoms with E-state index < -0.39 is 0 Å². The molecule has 2 aromatic rings. The normalized spacial score (nSPS) is 16.7. The summed E-state index contributed by atoms with van der Waals surface area (Å²) in [6.45, 7) is 2.00. The average Bonchev–Trinajstić information content (AvgIpc) is 3.10. The van der Waals surface area contributed by atoms with Crippen molar-refractivity contribution in [3.63, 3.8) is 0 Å². The molecule has 122 valence electrons. The minimum Gasteiger partial charge on any atom is -0.335 e. The van der Waals surface area contributed by atoms with E-state index in [1.807, 2.05) is 47.6 Å². The van der Waals surface area contributed by atoms with Crippen LogP contribution in [0.5, 0.6) is 0 Å². The lowest BCUT2D eigenvalue weighted by molar-refractivity contribution is 0.233. The predicted molar refractivity (Wildman–Crippen MR) is 94.0 cm³/mol. The van der Waals surface area contributed by atoms with Crippen LogP contribution in [0.25, 0.3) is 5.69 Å². The first kappa shape index (κ1) is 15.9. The van der Waals surface area contributed by atoms with Crippen LogP contribution in [-0.2, 0) is 0 Å². The van der Waals surface area contributed by atoms with Gasteiger partial charge in [-0.25, -0.2) is 9.78 Å². The highest BCUT2D eigenvalue weighted by Crippen LogP contribution is 2.18. The van der Waals surface area contributed by atoms with Crippen LogP contribution in [0.4, 0.5) is 4.79 Å². The average molecular weight is 330 g/mol. The van der Waals surface area contributed by atoms with Crippen LogP contribution in [0.1, 0.15) is 31.4 Å². The number of hydrogen-bond donors (Lipinski definition) is 2. The number of hydrogen-bond acceptors (Lipinski definition) is 3. The zero-order valence-corrected chi connectivity index (χ0v) is 14.1. The number of carbonyl (C=O) groups excluding carboxylic acids is 1. The molecule has 0 aliphatic carbocycles. The highest BCUT2D eigenvalue weighted by Gasteiger charge is 2.17. The number of carbonyl (C=O) groups is 1. The number of benzene rings is 1.